The third-order valence-corrected chi connectivity index (χ3v) is 3.05. The zero-order valence-corrected chi connectivity index (χ0v) is 12.1. The maximum Gasteiger partial charge on any atom is 0.265 e. The van der Waals surface area contributed by atoms with Gasteiger partial charge in [0.1, 0.15) is 11.6 Å². The van der Waals surface area contributed by atoms with Gasteiger partial charge in [0.2, 0.25) is 0 Å². The molecule has 0 bridgehead atoms. The molecule has 21 heavy (non-hydrogen) atoms. The van der Waals surface area contributed by atoms with E-state index in [9.17, 15) is 9.18 Å². The third-order valence-electron chi connectivity index (χ3n) is 3.05. The molecule has 110 valence electrons. The fourth-order valence-corrected chi connectivity index (χ4v) is 1.89. The molecule has 0 spiro atoms. The summed E-state index contributed by atoms with van der Waals surface area (Å²) in [5.41, 5.74) is 1.55. The summed E-state index contributed by atoms with van der Waals surface area (Å²) in [6, 6.07) is 13.3. The van der Waals surface area contributed by atoms with Gasteiger partial charge in [0.25, 0.3) is 5.91 Å². The first-order valence-corrected chi connectivity index (χ1v) is 6.88. The number of hydrogen-bond donors (Lipinski definition) is 1. The quantitative estimate of drug-likeness (QED) is 0.905. The van der Waals surface area contributed by atoms with Crippen LogP contribution in [0.5, 0.6) is 5.75 Å². The van der Waals surface area contributed by atoms with Crippen LogP contribution in [0.1, 0.15) is 18.9 Å². The molecule has 2 rings (SSSR count). The summed E-state index contributed by atoms with van der Waals surface area (Å²) in [7, 11) is 0. The van der Waals surface area contributed by atoms with E-state index in [0.717, 1.165) is 5.56 Å². The highest BCUT2D eigenvalue weighted by Gasteiger charge is 2.18. The summed E-state index contributed by atoms with van der Waals surface area (Å²) >= 11 is 0. The van der Waals surface area contributed by atoms with Gasteiger partial charge >= 0.3 is 0 Å². The van der Waals surface area contributed by atoms with Gasteiger partial charge in [0.05, 0.1) is 0 Å². The number of hydrogen-bond acceptors (Lipinski definition) is 2. The number of aryl methyl sites for hydroxylation is 1. The number of benzene rings is 2. The Labute approximate surface area is 123 Å². The summed E-state index contributed by atoms with van der Waals surface area (Å²) in [4.78, 5) is 12.2. The van der Waals surface area contributed by atoms with Gasteiger partial charge in [-0.25, -0.2) is 4.39 Å². The SMILES string of the molecule is CCC(Oc1ccc(C)cc1)C(=O)Nc1cccc(F)c1. The van der Waals surface area contributed by atoms with Crippen molar-refractivity contribution >= 4 is 11.6 Å². The van der Waals surface area contributed by atoms with Gasteiger partial charge in [-0.15, -0.1) is 0 Å². The van der Waals surface area contributed by atoms with Crippen molar-refractivity contribution in [1.29, 1.82) is 0 Å². The van der Waals surface area contributed by atoms with Gasteiger partial charge in [-0.05, 0) is 43.7 Å². The average molecular weight is 287 g/mol. The van der Waals surface area contributed by atoms with Crippen LogP contribution in [0.25, 0.3) is 0 Å². The second-order valence-corrected chi connectivity index (χ2v) is 4.83. The molecule has 3 nitrogen and oxygen atoms in total. The molecule has 0 radical (unpaired) electrons. The van der Waals surface area contributed by atoms with E-state index in [0.29, 0.717) is 17.9 Å². The number of halogens is 1. The van der Waals surface area contributed by atoms with Crippen LogP contribution in [0.3, 0.4) is 0 Å². The zero-order chi connectivity index (χ0) is 15.2. The maximum atomic E-state index is 13.1. The van der Waals surface area contributed by atoms with Crippen molar-refractivity contribution in [3.63, 3.8) is 0 Å². The van der Waals surface area contributed by atoms with E-state index in [4.69, 9.17) is 4.74 Å². The number of rotatable bonds is 5. The van der Waals surface area contributed by atoms with Gasteiger partial charge < -0.3 is 10.1 Å². The molecule has 1 N–H and O–H groups in total. The van der Waals surface area contributed by atoms with Crippen molar-refractivity contribution in [1.82, 2.24) is 0 Å². The second kappa shape index (κ2) is 6.88. The molecule has 0 aliphatic rings. The Bertz CT molecular complexity index is 610. The number of ether oxygens (including phenoxy) is 1. The lowest BCUT2D eigenvalue weighted by atomic mass is 10.2. The van der Waals surface area contributed by atoms with Crippen LogP contribution in [0.2, 0.25) is 0 Å². The van der Waals surface area contributed by atoms with Crippen molar-refractivity contribution in [3.05, 3.63) is 59.9 Å². The van der Waals surface area contributed by atoms with E-state index in [1.807, 2.05) is 38.1 Å². The van der Waals surface area contributed by atoms with E-state index in [1.54, 1.807) is 12.1 Å². The number of anilines is 1. The Morgan fingerprint density at radius 3 is 2.57 bits per heavy atom. The Balaban J connectivity index is 2.03. The molecule has 0 fully saturated rings. The lowest BCUT2D eigenvalue weighted by Gasteiger charge is -2.17. The van der Waals surface area contributed by atoms with E-state index in [1.165, 1.54) is 12.1 Å². The van der Waals surface area contributed by atoms with Crippen LogP contribution in [-0.2, 0) is 4.79 Å². The Kier molecular flexibility index (Phi) is 4.93. The van der Waals surface area contributed by atoms with Crippen LogP contribution in [0, 0.1) is 12.7 Å². The molecular weight excluding hydrogens is 269 g/mol. The van der Waals surface area contributed by atoms with E-state index >= 15 is 0 Å². The van der Waals surface area contributed by atoms with Crippen molar-refractivity contribution in [3.8, 4) is 5.75 Å². The molecule has 4 heteroatoms. The van der Waals surface area contributed by atoms with Crippen LogP contribution in [0.15, 0.2) is 48.5 Å². The fraction of sp³-hybridized carbons (Fsp3) is 0.235. The molecule has 1 amide bonds. The van der Waals surface area contributed by atoms with E-state index in [-0.39, 0.29) is 11.7 Å². The number of nitrogens with one attached hydrogen (secondary N) is 1. The monoisotopic (exact) mass is 287 g/mol. The van der Waals surface area contributed by atoms with E-state index < -0.39 is 6.10 Å². The summed E-state index contributed by atoms with van der Waals surface area (Å²) in [5.74, 6) is -0.0363. The van der Waals surface area contributed by atoms with Crippen LogP contribution in [0.4, 0.5) is 10.1 Å². The van der Waals surface area contributed by atoms with Crippen LogP contribution in [-0.4, -0.2) is 12.0 Å². The number of carbonyl (C=O) groups excluding carboxylic acids is 1. The van der Waals surface area contributed by atoms with Gasteiger partial charge in [-0.1, -0.05) is 30.7 Å². The third kappa shape index (κ3) is 4.31. The van der Waals surface area contributed by atoms with Crippen molar-refractivity contribution in [2.75, 3.05) is 5.32 Å². The topological polar surface area (TPSA) is 38.3 Å². The van der Waals surface area contributed by atoms with Crippen molar-refractivity contribution in [2.24, 2.45) is 0 Å². The summed E-state index contributed by atoms with van der Waals surface area (Å²) in [6.45, 7) is 3.85. The highest BCUT2D eigenvalue weighted by atomic mass is 19.1. The van der Waals surface area contributed by atoms with Gasteiger partial charge in [-0.2, -0.15) is 0 Å². The first kappa shape index (κ1) is 15.0. The molecule has 1 atom stereocenters. The van der Waals surface area contributed by atoms with Gasteiger partial charge in [-0.3, -0.25) is 4.79 Å². The maximum absolute atomic E-state index is 13.1. The minimum Gasteiger partial charge on any atom is -0.481 e. The molecule has 0 aliphatic carbocycles. The second-order valence-electron chi connectivity index (χ2n) is 4.83. The van der Waals surface area contributed by atoms with Crippen molar-refractivity contribution < 1.29 is 13.9 Å². The minimum absolute atomic E-state index is 0.288. The van der Waals surface area contributed by atoms with Crippen LogP contribution < -0.4 is 10.1 Å². The number of carbonyl (C=O) groups is 1. The zero-order valence-electron chi connectivity index (χ0n) is 12.1. The normalized spacial score (nSPS) is 11.8. The predicted octanol–water partition coefficient (Wildman–Crippen LogP) is 3.93. The largest absolute Gasteiger partial charge is 0.481 e. The molecule has 0 heterocycles. The summed E-state index contributed by atoms with van der Waals surface area (Å²) < 4.78 is 18.8. The molecule has 0 saturated carbocycles. The standard InChI is InChI=1S/C17H18FNO2/c1-3-16(21-15-9-7-12(2)8-10-15)17(20)19-14-6-4-5-13(18)11-14/h4-11,16H,3H2,1-2H3,(H,19,20). The molecule has 0 aliphatic heterocycles. The molecule has 2 aromatic rings. The minimum atomic E-state index is -0.615. The lowest BCUT2D eigenvalue weighted by Crippen LogP contribution is -2.32. The van der Waals surface area contributed by atoms with Crippen LogP contribution >= 0.6 is 0 Å². The first-order valence-electron chi connectivity index (χ1n) is 6.88. The Hall–Kier alpha value is -2.36. The van der Waals surface area contributed by atoms with Crippen molar-refractivity contribution in [2.45, 2.75) is 26.4 Å². The predicted molar refractivity (Wildman–Crippen MR) is 80.9 cm³/mol. The summed E-state index contributed by atoms with van der Waals surface area (Å²) in [5, 5.41) is 2.66. The number of amides is 1. The van der Waals surface area contributed by atoms with Gasteiger partial charge in [0, 0.05) is 5.69 Å². The Morgan fingerprint density at radius 2 is 1.95 bits per heavy atom. The molecular formula is C17H18FNO2. The molecule has 1 unspecified atom stereocenters. The molecule has 0 saturated heterocycles. The lowest BCUT2D eigenvalue weighted by molar-refractivity contribution is -0.122. The van der Waals surface area contributed by atoms with E-state index in [2.05, 4.69) is 5.32 Å². The molecule has 2 aromatic carbocycles. The fourth-order valence-electron chi connectivity index (χ4n) is 1.89. The highest BCUT2D eigenvalue weighted by Crippen LogP contribution is 2.16. The first-order chi connectivity index (χ1) is 10.1. The highest BCUT2D eigenvalue weighted by molar-refractivity contribution is 5.94. The van der Waals surface area contributed by atoms with Gasteiger partial charge in [0.15, 0.2) is 6.10 Å². The Morgan fingerprint density at radius 1 is 1.24 bits per heavy atom. The molecule has 0 aromatic heterocycles. The summed E-state index contributed by atoms with van der Waals surface area (Å²) in [6.07, 6.45) is -0.0920. The average Bonchev–Trinajstić information content (AvgIpc) is 2.46. The smallest absolute Gasteiger partial charge is 0.265 e.